The molecule has 0 bridgehead atoms. The molecule has 0 spiro atoms. The van der Waals surface area contributed by atoms with Gasteiger partial charge in [0.05, 0.1) is 12.7 Å². The molecule has 0 atom stereocenters. The molecule has 0 aromatic rings. The van der Waals surface area contributed by atoms with Crippen LogP contribution >= 0.6 is 0 Å². The zero-order chi connectivity index (χ0) is 11.5. The molecular formula is C10H16F2O3. The van der Waals surface area contributed by atoms with Gasteiger partial charge < -0.3 is 9.84 Å². The first-order chi connectivity index (χ1) is 6.89. The molecular weight excluding hydrogens is 206 g/mol. The van der Waals surface area contributed by atoms with Crippen molar-refractivity contribution in [3.8, 4) is 0 Å². The molecule has 1 saturated carbocycles. The van der Waals surface area contributed by atoms with E-state index < -0.39 is 11.9 Å². The number of ether oxygens (including phenoxy) is 1. The smallest absolute Gasteiger partial charge is 0.376 e. The summed E-state index contributed by atoms with van der Waals surface area (Å²) in [5.74, 6) is -4.76. The van der Waals surface area contributed by atoms with Crippen LogP contribution in [0.1, 0.15) is 32.6 Å². The van der Waals surface area contributed by atoms with Gasteiger partial charge in [0.15, 0.2) is 0 Å². The number of alkyl halides is 2. The molecule has 88 valence electrons. The van der Waals surface area contributed by atoms with E-state index in [0.717, 1.165) is 12.8 Å². The number of hydrogen-bond donors (Lipinski definition) is 1. The second-order valence-electron chi connectivity index (χ2n) is 4.16. The lowest BCUT2D eigenvalue weighted by Gasteiger charge is -2.25. The molecule has 0 radical (unpaired) electrons. The van der Waals surface area contributed by atoms with Gasteiger partial charge in [0.2, 0.25) is 0 Å². The summed E-state index contributed by atoms with van der Waals surface area (Å²) in [6, 6.07) is 0. The van der Waals surface area contributed by atoms with E-state index >= 15 is 0 Å². The highest BCUT2D eigenvalue weighted by Crippen LogP contribution is 2.25. The SMILES string of the molecule is CC(F)(F)C(=O)OCC1CCC(O)CC1. The van der Waals surface area contributed by atoms with E-state index in [0.29, 0.717) is 19.8 Å². The van der Waals surface area contributed by atoms with Crippen LogP contribution in [0.15, 0.2) is 0 Å². The van der Waals surface area contributed by atoms with Gasteiger partial charge in [0, 0.05) is 6.92 Å². The van der Waals surface area contributed by atoms with Crippen LogP contribution in [0.2, 0.25) is 0 Å². The summed E-state index contributed by atoms with van der Waals surface area (Å²) in [7, 11) is 0. The van der Waals surface area contributed by atoms with E-state index in [9.17, 15) is 18.7 Å². The van der Waals surface area contributed by atoms with Crippen LogP contribution in [0.25, 0.3) is 0 Å². The number of hydrogen-bond acceptors (Lipinski definition) is 3. The summed E-state index contributed by atoms with van der Waals surface area (Å²) >= 11 is 0. The standard InChI is InChI=1S/C10H16F2O3/c1-10(11,12)9(14)15-6-7-2-4-8(13)5-3-7/h7-8,13H,2-6H2,1H3. The number of carbonyl (C=O) groups is 1. The Kier molecular flexibility index (Phi) is 4.02. The molecule has 1 rings (SSSR count). The van der Waals surface area contributed by atoms with Crippen LogP contribution in [0.4, 0.5) is 8.78 Å². The molecule has 1 aliphatic carbocycles. The lowest BCUT2D eigenvalue weighted by atomic mass is 9.88. The van der Waals surface area contributed by atoms with Gasteiger partial charge in [0.25, 0.3) is 0 Å². The number of esters is 1. The fourth-order valence-corrected chi connectivity index (χ4v) is 1.63. The average Bonchev–Trinajstić information content (AvgIpc) is 2.15. The molecule has 0 aromatic heterocycles. The van der Waals surface area contributed by atoms with E-state index in [1.54, 1.807) is 0 Å². The third-order valence-electron chi connectivity index (χ3n) is 2.62. The Hall–Kier alpha value is -0.710. The zero-order valence-corrected chi connectivity index (χ0v) is 8.71. The highest BCUT2D eigenvalue weighted by molar-refractivity contribution is 5.76. The first-order valence-electron chi connectivity index (χ1n) is 5.12. The van der Waals surface area contributed by atoms with Gasteiger partial charge in [-0.1, -0.05) is 0 Å². The van der Waals surface area contributed by atoms with Crippen molar-refractivity contribution in [2.45, 2.75) is 44.6 Å². The van der Waals surface area contributed by atoms with Crippen molar-refractivity contribution in [3.05, 3.63) is 0 Å². The number of rotatable bonds is 3. The Balaban J connectivity index is 2.23. The third kappa shape index (κ3) is 4.11. The molecule has 1 N–H and O–H groups in total. The van der Waals surface area contributed by atoms with Gasteiger partial charge in [-0.15, -0.1) is 0 Å². The van der Waals surface area contributed by atoms with Crippen molar-refractivity contribution in [2.75, 3.05) is 6.61 Å². The van der Waals surface area contributed by atoms with E-state index in [2.05, 4.69) is 4.74 Å². The molecule has 15 heavy (non-hydrogen) atoms. The number of aliphatic hydroxyl groups is 1. The van der Waals surface area contributed by atoms with Crippen molar-refractivity contribution in [1.29, 1.82) is 0 Å². The van der Waals surface area contributed by atoms with E-state index in [1.165, 1.54) is 0 Å². The predicted molar refractivity (Wildman–Crippen MR) is 49.5 cm³/mol. The number of halogens is 2. The Morgan fingerprint density at radius 1 is 1.40 bits per heavy atom. The lowest BCUT2D eigenvalue weighted by molar-refractivity contribution is -0.171. The van der Waals surface area contributed by atoms with Crippen LogP contribution in [0, 0.1) is 5.92 Å². The molecule has 1 fully saturated rings. The first-order valence-corrected chi connectivity index (χ1v) is 5.12. The number of carbonyl (C=O) groups excluding carboxylic acids is 1. The second-order valence-corrected chi connectivity index (χ2v) is 4.16. The van der Waals surface area contributed by atoms with Gasteiger partial charge in [-0.05, 0) is 31.6 Å². The van der Waals surface area contributed by atoms with Gasteiger partial charge in [-0.2, -0.15) is 8.78 Å². The topological polar surface area (TPSA) is 46.5 Å². The van der Waals surface area contributed by atoms with E-state index in [-0.39, 0.29) is 18.6 Å². The zero-order valence-electron chi connectivity index (χ0n) is 8.71. The van der Waals surface area contributed by atoms with Crippen LogP contribution < -0.4 is 0 Å². The molecule has 1 aliphatic rings. The van der Waals surface area contributed by atoms with Gasteiger partial charge in [-0.3, -0.25) is 0 Å². The molecule has 3 nitrogen and oxygen atoms in total. The van der Waals surface area contributed by atoms with E-state index in [1.807, 2.05) is 0 Å². The van der Waals surface area contributed by atoms with Crippen molar-refractivity contribution in [3.63, 3.8) is 0 Å². The van der Waals surface area contributed by atoms with Crippen LogP contribution in [0.5, 0.6) is 0 Å². The molecule has 0 saturated heterocycles. The summed E-state index contributed by atoms with van der Waals surface area (Å²) in [4.78, 5) is 10.7. The normalized spacial score (nSPS) is 27.5. The Labute approximate surface area is 87.4 Å². The molecule has 0 heterocycles. The predicted octanol–water partition coefficient (Wildman–Crippen LogP) is 1.74. The Bertz CT molecular complexity index is 217. The quantitative estimate of drug-likeness (QED) is 0.740. The molecule has 0 aliphatic heterocycles. The monoisotopic (exact) mass is 222 g/mol. The average molecular weight is 222 g/mol. The molecule has 0 unspecified atom stereocenters. The highest BCUT2D eigenvalue weighted by atomic mass is 19.3. The summed E-state index contributed by atoms with van der Waals surface area (Å²) < 4.78 is 29.3. The van der Waals surface area contributed by atoms with Crippen molar-refractivity contribution in [2.24, 2.45) is 5.92 Å². The fraction of sp³-hybridized carbons (Fsp3) is 0.900. The maximum absolute atomic E-state index is 12.4. The Morgan fingerprint density at radius 2 is 1.93 bits per heavy atom. The highest BCUT2D eigenvalue weighted by Gasteiger charge is 2.34. The minimum atomic E-state index is -3.41. The van der Waals surface area contributed by atoms with Crippen molar-refractivity contribution in [1.82, 2.24) is 0 Å². The summed E-state index contributed by atoms with van der Waals surface area (Å²) in [6.45, 7) is 0.564. The fourth-order valence-electron chi connectivity index (χ4n) is 1.63. The summed E-state index contributed by atoms with van der Waals surface area (Å²) in [5, 5.41) is 9.21. The van der Waals surface area contributed by atoms with Crippen LogP contribution in [-0.4, -0.2) is 29.7 Å². The maximum atomic E-state index is 12.4. The largest absolute Gasteiger partial charge is 0.461 e. The molecule has 0 amide bonds. The van der Waals surface area contributed by atoms with Crippen LogP contribution in [0.3, 0.4) is 0 Å². The van der Waals surface area contributed by atoms with Gasteiger partial charge >= 0.3 is 11.9 Å². The molecule has 5 heteroatoms. The molecule has 0 aromatic carbocycles. The minimum Gasteiger partial charge on any atom is -0.461 e. The lowest BCUT2D eigenvalue weighted by Crippen LogP contribution is -2.30. The maximum Gasteiger partial charge on any atom is 0.376 e. The van der Waals surface area contributed by atoms with E-state index in [4.69, 9.17) is 0 Å². The first kappa shape index (κ1) is 12.4. The van der Waals surface area contributed by atoms with Gasteiger partial charge in [0.1, 0.15) is 0 Å². The Morgan fingerprint density at radius 3 is 2.40 bits per heavy atom. The third-order valence-corrected chi connectivity index (χ3v) is 2.62. The second kappa shape index (κ2) is 4.88. The van der Waals surface area contributed by atoms with Crippen LogP contribution in [-0.2, 0) is 9.53 Å². The minimum absolute atomic E-state index is 0.0367. The number of aliphatic hydroxyl groups excluding tert-OH is 1. The summed E-state index contributed by atoms with van der Waals surface area (Å²) in [5.41, 5.74) is 0. The van der Waals surface area contributed by atoms with Crippen molar-refractivity contribution < 1.29 is 23.4 Å². The van der Waals surface area contributed by atoms with Crippen molar-refractivity contribution >= 4 is 5.97 Å². The summed E-state index contributed by atoms with van der Waals surface area (Å²) in [6.07, 6.45) is 2.48. The van der Waals surface area contributed by atoms with Gasteiger partial charge in [-0.25, -0.2) is 4.79 Å².